The Morgan fingerprint density at radius 2 is 1.78 bits per heavy atom. The van der Waals surface area contributed by atoms with Crippen molar-refractivity contribution in [2.45, 2.75) is 17.9 Å². The van der Waals surface area contributed by atoms with Crippen LogP contribution in [0.3, 0.4) is 0 Å². The van der Waals surface area contributed by atoms with Gasteiger partial charge in [-0.1, -0.05) is 12.1 Å². The van der Waals surface area contributed by atoms with Crippen molar-refractivity contribution in [3.63, 3.8) is 0 Å². The van der Waals surface area contributed by atoms with Crippen LogP contribution in [-0.2, 0) is 14.6 Å². The van der Waals surface area contributed by atoms with Crippen LogP contribution >= 0.6 is 0 Å². The molecule has 2 aromatic rings. The Balaban J connectivity index is 2.31. The first-order valence-electron chi connectivity index (χ1n) is 6.65. The van der Waals surface area contributed by atoms with Gasteiger partial charge < -0.3 is 4.74 Å². The number of sulfone groups is 1. The van der Waals surface area contributed by atoms with Gasteiger partial charge in [0.2, 0.25) is 0 Å². The average Bonchev–Trinajstić information content (AvgIpc) is 2.48. The largest absolute Gasteiger partial charge is 0.454 e. The molecule has 2 aromatic carbocycles. The summed E-state index contributed by atoms with van der Waals surface area (Å²) in [5.41, 5.74) is -0.283. The van der Waals surface area contributed by atoms with Crippen LogP contribution in [0.5, 0.6) is 0 Å². The van der Waals surface area contributed by atoms with Crippen molar-refractivity contribution < 1.29 is 26.7 Å². The predicted molar refractivity (Wildman–Crippen MR) is 79.7 cm³/mol. The Morgan fingerprint density at radius 3 is 2.43 bits per heavy atom. The minimum atomic E-state index is -3.63. The van der Waals surface area contributed by atoms with Gasteiger partial charge in [-0.2, -0.15) is 0 Å². The van der Waals surface area contributed by atoms with Crippen molar-refractivity contribution in [3.05, 3.63) is 65.2 Å². The molecule has 0 aliphatic rings. The molecule has 0 spiro atoms. The van der Waals surface area contributed by atoms with Crippen molar-refractivity contribution in [1.29, 1.82) is 0 Å². The van der Waals surface area contributed by atoms with E-state index in [4.69, 9.17) is 4.74 Å². The molecule has 1 unspecified atom stereocenters. The molecular weight excluding hydrogens is 326 g/mol. The smallest absolute Gasteiger partial charge is 0.340 e. The van der Waals surface area contributed by atoms with Gasteiger partial charge >= 0.3 is 5.97 Å². The summed E-state index contributed by atoms with van der Waals surface area (Å²) in [7, 11) is -3.63. The maximum atomic E-state index is 13.7. The Labute approximate surface area is 132 Å². The topological polar surface area (TPSA) is 60.4 Å². The van der Waals surface area contributed by atoms with E-state index >= 15 is 0 Å². The van der Waals surface area contributed by atoms with Crippen LogP contribution in [0.15, 0.2) is 47.4 Å². The molecular formula is C16H14F2O4S. The number of carbonyl (C=O) groups is 1. The second-order valence-corrected chi connectivity index (χ2v) is 6.97. The highest BCUT2D eigenvalue weighted by molar-refractivity contribution is 7.90. The molecule has 0 heterocycles. The van der Waals surface area contributed by atoms with E-state index in [0.717, 1.165) is 24.5 Å². The van der Waals surface area contributed by atoms with Crippen LogP contribution in [-0.4, -0.2) is 20.6 Å². The van der Waals surface area contributed by atoms with Gasteiger partial charge in [-0.05, 0) is 37.3 Å². The van der Waals surface area contributed by atoms with Crippen molar-refractivity contribution in [1.82, 2.24) is 0 Å². The van der Waals surface area contributed by atoms with Gasteiger partial charge in [-0.15, -0.1) is 0 Å². The molecule has 0 bridgehead atoms. The number of ether oxygens (including phenoxy) is 1. The Kier molecular flexibility index (Phi) is 4.79. The molecule has 0 amide bonds. The van der Waals surface area contributed by atoms with Crippen LogP contribution in [0.25, 0.3) is 0 Å². The molecule has 0 radical (unpaired) electrons. The highest BCUT2D eigenvalue weighted by Gasteiger charge is 2.22. The average molecular weight is 340 g/mol. The van der Waals surface area contributed by atoms with E-state index in [0.29, 0.717) is 0 Å². The molecule has 0 N–H and O–H groups in total. The third kappa shape index (κ3) is 3.92. The van der Waals surface area contributed by atoms with Crippen molar-refractivity contribution in [3.8, 4) is 0 Å². The fourth-order valence-electron chi connectivity index (χ4n) is 2.07. The molecule has 122 valence electrons. The zero-order valence-electron chi connectivity index (χ0n) is 12.4. The fraction of sp³-hybridized carbons (Fsp3) is 0.188. The molecule has 4 nitrogen and oxygen atoms in total. The number of rotatable bonds is 4. The summed E-state index contributed by atoms with van der Waals surface area (Å²) in [5.74, 6) is -2.31. The molecule has 0 saturated carbocycles. The fourth-order valence-corrected chi connectivity index (χ4v) is 2.95. The minimum absolute atomic E-state index is 0.129. The van der Waals surface area contributed by atoms with Crippen LogP contribution in [0.4, 0.5) is 8.78 Å². The first-order chi connectivity index (χ1) is 10.7. The van der Waals surface area contributed by atoms with E-state index in [1.807, 2.05) is 0 Å². The van der Waals surface area contributed by atoms with Crippen LogP contribution in [0.2, 0.25) is 0 Å². The number of esters is 1. The molecule has 0 aliphatic carbocycles. The van der Waals surface area contributed by atoms with E-state index in [1.54, 1.807) is 0 Å². The number of carbonyl (C=O) groups excluding carboxylic acids is 1. The predicted octanol–water partition coefficient (Wildman–Crippen LogP) is 3.29. The zero-order chi connectivity index (χ0) is 17.2. The summed E-state index contributed by atoms with van der Waals surface area (Å²) >= 11 is 0. The third-order valence-corrected chi connectivity index (χ3v) is 4.34. The van der Waals surface area contributed by atoms with Gasteiger partial charge in [-0.3, -0.25) is 0 Å². The normalized spacial score (nSPS) is 12.7. The quantitative estimate of drug-likeness (QED) is 0.802. The van der Waals surface area contributed by atoms with Gasteiger partial charge in [0.15, 0.2) is 9.84 Å². The van der Waals surface area contributed by atoms with Gasteiger partial charge in [-0.25, -0.2) is 22.0 Å². The third-order valence-electron chi connectivity index (χ3n) is 3.19. The minimum Gasteiger partial charge on any atom is -0.454 e. The second-order valence-electron chi connectivity index (χ2n) is 4.98. The maximum absolute atomic E-state index is 13.7. The first kappa shape index (κ1) is 17.1. The summed E-state index contributed by atoms with van der Waals surface area (Å²) < 4.78 is 55.4. The number of benzene rings is 2. The Bertz CT molecular complexity index is 847. The highest BCUT2D eigenvalue weighted by Crippen LogP contribution is 2.24. The standard InChI is InChI=1S/C16H14F2O4S/c1-10(13-9-11(17)7-8-14(13)18)22-16(19)12-5-3-4-6-15(12)23(2,20)21/h3-10H,1-2H3. The van der Waals surface area contributed by atoms with Crippen molar-refractivity contribution >= 4 is 15.8 Å². The van der Waals surface area contributed by atoms with Gasteiger partial charge in [0.05, 0.1) is 10.5 Å². The van der Waals surface area contributed by atoms with E-state index in [2.05, 4.69) is 0 Å². The summed E-state index contributed by atoms with van der Waals surface area (Å²) in [6, 6.07) is 8.34. The SMILES string of the molecule is CC(OC(=O)c1ccccc1S(C)(=O)=O)c1cc(F)ccc1F. The van der Waals surface area contributed by atoms with Crippen LogP contribution in [0, 0.1) is 11.6 Å². The lowest BCUT2D eigenvalue weighted by atomic mass is 10.1. The molecule has 0 fully saturated rings. The lowest BCUT2D eigenvalue weighted by Crippen LogP contribution is -2.14. The summed E-state index contributed by atoms with van der Waals surface area (Å²) in [6.07, 6.45) is -0.111. The van der Waals surface area contributed by atoms with Gasteiger partial charge in [0.1, 0.15) is 17.7 Å². The number of halogens is 2. The molecule has 23 heavy (non-hydrogen) atoms. The van der Waals surface area contributed by atoms with Crippen LogP contribution < -0.4 is 0 Å². The van der Waals surface area contributed by atoms with Crippen LogP contribution in [0.1, 0.15) is 28.9 Å². The molecule has 0 saturated heterocycles. The summed E-state index contributed by atoms with van der Waals surface area (Å²) in [5, 5.41) is 0. The molecule has 0 aliphatic heterocycles. The maximum Gasteiger partial charge on any atom is 0.340 e. The number of hydrogen-bond acceptors (Lipinski definition) is 4. The monoisotopic (exact) mass is 340 g/mol. The molecule has 0 aromatic heterocycles. The van der Waals surface area contributed by atoms with E-state index in [-0.39, 0.29) is 16.0 Å². The Morgan fingerprint density at radius 1 is 1.13 bits per heavy atom. The van der Waals surface area contributed by atoms with Gasteiger partial charge in [0, 0.05) is 11.8 Å². The van der Waals surface area contributed by atoms with Gasteiger partial charge in [0.25, 0.3) is 0 Å². The van der Waals surface area contributed by atoms with E-state index < -0.39 is 33.5 Å². The first-order valence-corrected chi connectivity index (χ1v) is 8.54. The number of hydrogen-bond donors (Lipinski definition) is 0. The second kappa shape index (κ2) is 6.45. The summed E-state index contributed by atoms with van der Waals surface area (Å²) in [6.45, 7) is 1.37. The molecule has 7 heteroatoms. The molecule has 1 atom stereocenters. The van der Waals surface area contributed by atoms with E-state index in [1.165, 1.54) is 31.2 Å². The molecule has 2 rings (SSSR count). The van der Waals surface area contributed by atoms with E-state index in [9.17, 15) is 22.0 Å². The Hall–Kier alpha value is -2.28. The zero-order valence-corrected chi connectivity index (χ0v) is 13.2. The summed E-state index contributed by atoms with van der Waals surface area (Å²) in [4.78, 5) is 12.0. The lowest BCUT2D eigenvalue weighted by Gasteiger charge is -2.15. The van der Waals surface area contributed by atoms with Crippen molar-refractivity contribution in [2.75, 3.05) is 6.26 Å². The highest BCUT2D eigenvalue weighted by atomic mass is 32.2. The lowest BCUT2D eigenvalue weighted by molar-refractivity contribution is 0.0326. The van der Waals surface area contributed by atoms with Crippen molar-refractivity contribution in [2.24, 2.45) is 0 Å².